The number of hydrogen-bond donors (Lipinski definition) is 1. The van der Waals surface area contributed by atoms with E-state index >= 15 is 0 Å². The number of thiophene rings is 1. The fourth-order valence-electron chi connectivity index (χ4n) is 6.26. The molecule has 2 fully saturated rings. The molecule has 0 spiro atoms. The van der Waals surface area contributed by atoms with Crippen molar-refractivity contribution in [3.63, 3.8) is 0 Å². The van der Waals surface area contributed by atoms with Gasteiger partial charge in [-0.25, -0.2) is 9.37 Å². The lowest BCUT2D eigenvalue weighted by molar-refractivity contribution is -0.142. The summed E-state index contributed by atoms with van der Waals surface area (Å²) in [6.45, 7) is 1.28. The molecule has 0 saturated carbocycles. The van der Waals surface area contributed by atoms with Gasteiger partial charge in [-0.15, -0.1) is 11.3 Å². The highest BCUT2D eigenvalue weighted by Crippen LogP contribution is 2.39. The van der Waals surface area contributed by atoms with E-state index in [1.807, 2.05) is 37.4 Å². The summed E-state index contributed by atoms with van der Waals surface area (Å²) < 4.78 is 17.9. The van der Waals surface area contributed by atoms with Crippen LogP contribution in [0.1, 0.15) is 40.4 Å². The number of carbonyl (C=O) groups is 2. The molecule has 13 heteroatoms. The molecule has 0 radical (unpaired) electrons. The third-order valence-corrected chi connectivity index (χ3v) is 10.6. The second-order valence-electron chi connectivity index (χ2n) is 11.4. The van der Waals surface area contributed by atoms with Crippen molar-refractivity contribution in [2.45, 2.75) is 37.3 Å². The summed E-state index contributed by atoms with van der Waals surface area (Å²) in [5.74, 6) is -2.06. The number of aliphatic hydroxyl groups is 1. The van der Waals surface area contributed by atoms with Gasteiger partial charge in [-0.05, 0) is 30.9 Å². The van der Waals surface area contributed by atoms with Crippen LogP contribution in [0.15, 0.2) is 53.7 Å². The maximum atomic E-state index is 14.6. The van der Waals surface area contributed by atoms with Gasteiger partial charge < -0.3 is 19.5 Å². The number of likely N-dealkylation sites (tertiary alicyclic amines) is 2. The molecular weight excluding hydrogens is 616 g/mol. The van der Waals surface area contributed by atoms with E-state index in [4.69, 9.17) is 23.2 Å². The Morgan fingerprint density at radius 2 is 1.84 bits per heavy atom. The average molecular weight is 647 g/mol. The Bertz CT molecular complexity index is 1750. The first-order chi connectivity index (χ1) is 20.6. The molecular formula is C30H30Cl2FN5O4S. The van der Waals surface area contributed by atoms with E-state index in [9.17, 15) is 23.9 Å². The molecule has 4 aromatic rings. The van der Waals surface area contributed by atoms with Gasteiger partial charge in [-0.2, -0.15) is 0 Å². The average Bonchev–Trinajstić information content (AvgIpc) is 3.52. The Morgan fingerprint density at radius 1 is 1.12 bits per heavy atom. The number of nitrogens with zero attached hydrogens (tertiary/aromatic N) is 5. The third-order valence-electron chi connectivity index (χ3n) is 8.72. The van der Waals surface area contributed by atoms with E-state index in [1.165, 1.54) is 10.9 Å². The standard InChI is InChI=1S/C30H30Cl2FN5O4S/c1-35-11-7-20-26(35)34-17-38(28(20)40)16-30(42)9-13-36(14-10-30)27(39)19-8-12-37(15-21(19)18-5-3-2-4-6-18)29(41)24-23(33)22(31)25(32)43-24/h2-7,11,17,19,21,42H,8-10,12-16H2,1H3/t19-,21+/m1/s1. The van der Waals surface area contributed by atoms with Crippen LogP contribution in [0.3, 0.4) is 0 Å². The molecule has 3 aromatic heterocycles. The quantitative estimate of drug-likeness (QED) is 0.343. The molecule has 0 bridgehead atoms. The fourth-order valence-corrected chi connectivity index (χ4v) is 7.61. The van der Waals surface area contributed by atoms with E-state index in [-0.39, 0.29) is 51.3 Å². The van der Waals surface area contributed by atoms with Crippen molar-refractivity contribution in [3.8, 4) is 0 Å². The molecule has 2 amide bonds. The summed E-state index contributed by atoms with van der Waals surface area (Å²) in [6.07, 6.45) is 4.26. The van der Waals surface area contributed by atoms with E-state index in [2.05, 4.69) is 4.98 Å². The van der Waals surface area contributed by atoms with Crippen LogP contribution in [0.25, 0.3) is 11.0 Å². The number of fused-ring (bicyclic) bond motifs is 1. The second kappa shape index (κ2) is 11.7. The molecule has 43 heavy (non-hydrogen) atoms. The summed E-state index contributed by atoms with van der Waals surface area (Å²) in [5, 5.41) is 11.6. The van der Waals surface area contributed by atoms with Crippen molar-refractivity contribution < 1.29 is 19.1 Å². The number of hydrogen-bond acceptors (Lipinski definition) is 6. The first kappa shape index (κ1) is 29.8. The lowest BCUT2D eigenvalue weighted by Gasteiger charge is -2.43. The number of amides is 2. The van der Waals surface area contributed by atoms with E-state index < -0.39 is 23.2 Å². The summed E-state index contributed by atoms with van der Waals surface area (Å²) >= 11 is 12.7. The summed E-state index contributed by atoms with van der Waals surface area (Å²) in [5.41, 5.74) is 0.129. The Hall–Kier alpha value is -3.25. The van der Waals surface area contributed by atoms with Crippen LogP contribution >= 0.6 is 34.5 Å². The number of halogens is 3. The van der Waals surface area contributed by atoms with Crippen molar-refractivity contribution in [2.75, 3.05) is 26.2 Å². The molecule has 2 atom stereocenters. The van der Waals surface area contributed by atoms with E-state index in [0.717, 1.165) is 16.9 Å². The van der Waals surface area contributed by atoms with E-state index in [1.54, 1.807) is 26.6 Å². The molecule has 2 aliphatic heterocycles. The summed E-state index contributed by atoms with van der Waals surface area (Å²) in [4.78, 5) is 47.8. The predicted octanol–water partition coefficient (Wildman–Crippen LogP) is 4.54. The van der Waals surface area contributed by atoms with Gasteiger partial charge in [-0.1, -0.05) is 53.5 Å². The monoisotopic (exact) mass is 645 g/mol. The van der Waals surface area contributed by atoms with Crippen LogP contribution in [0.2, 0.25) is 9.36 Å². The first-order valence-electron chi connectivity index (χ1n) is 14.1. The smallest absolute Gasteiger partial charge is 0.267 e. The zero-order valence-electron chi connectivity index (χ0n) is 23.4. The van der Waals surface area contributed by atoms with Gasteiger partial charge in [0.05, 0.1) is 17.5 Å². The predicted molar refractivity (Wildman–Crippen MR) is 163 cm³/mol. The highest BCUT2D eigenvalue weighted by Gasteiger charge is 2.42. The molecule has 0 aliphatic carbocycles. The lowest BCUT2D eigenvalue weighted by atomic mass is 9.79. The van der Waals surface area contributed by atoms with Gasteiger partial charge in [0, 0.05) is 51.3 Å². The lowest BCUT2D eigenvalue weighted by Crippen LogP contribution is -2.53. The summed E-state index contributed by atoms with van der Waals surface area (Å²) in [6, 6.07) is 11.3. The number of carbonyl (C=O) groups excluding carboxylic acids is 2. The minimum absolute atomic E-state index is 0.0269. The molecule has 5 heterocycles. The third kappa shape index (κ3) is 5.59. The zero-order chi connectivity index (χ0) is 30.5. The highest BCUT2D eigenvalue weighted by atomic mass is 35.5. The number of rotatable bonds is 5. The van der Waals surface area contributed by atoms with Crippen molar-refractivity contribution >= 4 is 57.4 Å². The molecule has 226 valence electrons. The molecule has 0 unspecified atom stereocenters. The van der Waals surface area contributed by atoms with Gasteiger partial charge >= 0.3 is 0 Å². The fraction of sp³-hybridized carbons (Fsp3) is 0.400. The van der Waals surface area contributed by atoms with Crippen LogP contribution < -0.4 is 5.56 Å². The highest BCUT2D eigenvalue weighted by molar-refractivity contribution is 7.18. The van der Waals surface area contributed by atoms with E-state index in [0.29, 0.717) is 43.4 Å². The Kier molecular flexibility index (Phi) is 8.10. The van der Waals surface area contributed by atoms with Gasteiger partial charge in [-0.3, -0.25) is 19.0 Å². The topological polar surface area (TPSA) is 101 Å². The van der Waals surface area contributed by atoms with Gasteiger partial charge in [0.2, 0.25) is 5.91 Å². The van der Waals surface area contributed by atoms with Crippen molar-refractivity contribution in [1.29, 1.82) is 0 Å². The molecule has 2 aliphatic rings. The van der Waals surface area contributed by atoms with Crippen LogP contribution in [-0.2, 0) is 18.4 Å². The van der Waals surface area contributed by atoms with Crippen molar-refractivity contribution in [3.05, 3.63) is 84.9 Å². The second-order valence-corrected chi connectivity index (χ2v) is 13.4. The molecule has 9 nitrogen and oxygen atoms in total. The summed E-state index contributed by atoms with van der Waals surface area (Å²) in [7, 11) is 1.82. The SMILES string of the molecule is Cn1ccc2c(=O)n(CC3(O)CCN(C(=O)[C@@H]4CCN(C(=O)c5sc(Cl)c(Cl)c5F)C[C@H]4c4ccccc4)CC3)cnc21. The Balaban J connectivity index is 1.16. The Labute approximate surface area is 261 Å². The number of piperidine rings is 2. The zero-order valence-corrected chi connectivity index (χ0v) is 25.7. The minimum Gasteiger partial charge on any atom is -0.388 e. The van der Waals surface area contributed by atoms with Gasteiger partial charge in [0.25, 0.3) is 11.5 Å². The van der Waals surface area contributed by atoms with Crippen LogP contribution in [0.5, 0.6) is 0 Å². The van der Waals surface area contributed by atoms with Crippen molar-refractivity contribution in [2.24, 2.45) is 13.0 Å². The van der Waals surface area contributed by atoms with Gasteiger partial charge in [0.15, 0.2) is 5.82 Å². The largest absolute Gasteiger partial charge is 0.388 e. The maximum Gasteiger partial charge on any atom is 0.267 e. The molecule has 1 N–H and O–H groups in total. The van der Waals surface area contributed by atoms with Gasteiger partial charge in [0.1, 0.15) is 26.2 Å². The van der Waals surface area contributed by atoms with Crippen LogP contribution in [0.4, 0.5) is 4.39 Å². The maximum absolute atomic E-state index is 14.6. The minimum atomic E-state index is -1.16. The first-order valence-corrected chi connectivity index (χ1v) is 15.6. The van der Waals surface area contributed by atoms with Crippen molar-refractivity contribution in [1.82, 2.24) is 23.9 Å². The van der Waals surface area contributed by atoms with Crippen LogP contribution in [0, 0.1) is 11.7 Å². The molecule has 6 rings (SSSR count). The normalized spacial score (nSPS) is 20.5. The number of benzene rings is 1. The molecule has 2 saturated heterocycles. The number of aromatic nitrogens is 3. The van der Waals surface area contributed by atoms with Crippen LogP contribution in [-0.4, -0.2) is 72.6 Å². The Morgan fingerprint density at radius 3 is 2.51 bits per heavy atom. The molecule has 1 aromatic carbocycles. The number of aryl methyl sites for hydroxylation is 1.